The molecule has 3 aromatic carbocycles. The van der Waals surface area contributed by atoms with Crippen molar-refractivity contribution in [3.63, 3.8) is 0 Å². The maximum atomic E-state index is 14.5. The smallest absolute Gasteiger partial charge is 0.406 e. The van der Waals surface area contributed by atoms with E-state index in [2.05, 4.69) is 9.72 Å². The monoisotopic (exact) mass is 606 g/mol. The highest BCUT2D eigenvalue weighted by Crippen LogP contribution is 2.37. The van der Waals surface area contributed by atoms with Crippen LogP contribution in [-0.4, -0.2) is 20.1 Å². The van der Waals surface area contributed by atoms with Crippen molar-refractivity contribution in [2.24, 2.45) is 16.7 Å². The van der Waals surface area contributed by atoms with Gasteiger partial charge in [0.2, 0.25) is 0 Å². The predicted molar refractivity (Wildman–Crippen MR) is 150 cm³/mol. The van der Waals surface area contributed by atoms with Crippen LogP contribution in [0.4, 0.5) is 27.6 Å². The number of nitrogens with two attached hydrogens (primary N) is 3. The molecular weight excluding hydrogens is 579 g/mol. The fraction of sp³-hybridized carbons (Fsp3) is 0.179. The SMILES string of the molecule is CCC(F)(F)c1cn(-c2ccc(-c3cccc(S(N)=O)c3)cc2N(N)/C(=C\N)c2ccc(OC(F)(F)F)cc2)c(C)n1. The molecule has 4 rings (SSSR count). The summed E-state index contributed by atoms with van der Waals surface area (Å²) in [5.74, 6) is 3.23. The summed E-state index contributed by atoms with van der Waals surface area (Å²) in [6.07, 6.45) is -2.94. The number of anilines is 1. The lowest BCUT2D eigenvalue weighted by molar-refractivity contribution is -0.274. The van der Waals surface area contributed by atoms with Crippen molar-refractivity contribution in [2.75, 3.05) is 5.01 Å². The van der Waals surface area contributed by atoms with E-state index in [1.807, 2.05) is 0 Å². The number of aryl methyl sites for hydroxylation is 1. The summed E-state index contributed by atoms with van der Waals surface area (Å²) in [6, 6.07) is 16.6. The maximum absolute atomic E-state index is 14.5. The molecule has 1 heterocycles. The number of hydrogen-bond acceptors (Lipinski definition) is 6. The molecule has 4 aromatic rings. The first-order chi connectivity index (χ1) is 19.7. The van der Waals surface area contributed by atoms with Gasteiger partial charge in [-0.05, 0) is 66.6 Å². The van der Waals surface area contributed by atoms with Gasteiger partial charge in [-0.2, -0.15) is 8.78 Å². The Morgan fingerprint density at radius 3 is 2.31 bits per heavy atom. The van der Waals surface area contributed by atoms with Crippen molar-refractivity contribution in [2.45, 2.75) is 37.4 Å². The first-order valence-corrected chi connectivity index (χ1v) is 13.6. The molecule has 0 amide bonds. The van der Waals surface area contributed by atoms with E-state index in [-0.39, 0.29) is 17.2 Å². The zero-order valence-corrected chi connectivity index (χ0v) is 23.2. The fourth-order valence-corrected chi connectivity index (χ4v) is 4.70. The minimum atomic E-state index is -4.87. The van der Waals surface area contributed by atoms with E-state index in [1.54, 1.807) is 49.4 Å². The average molecular weight is 607 g/mol. The third-order valence-corrected chi connectivity index (χ3v) is 7.11. The molecule has 1 unspecified atom stereocenters. The molecule has 0 saturated heterocycles. The third-order valence-electron chi connectivity index (χ3n) is 6.40. The van der Waals surface area contributed by atoms with Gasteiger partial charge in [0.25, 0.3) is 5.92 Å². The number of benzene rings is 3. The fourth-order valence-electron chi connectivity index (χ4n) is 4.25. The maximum Gasteiger partial charge on any atom is 0.573 e. The molecule has 0 spiro atoms. The standard InChI is InChI=1S/C28H27F5N6O2S/c1-3-27(29,30)26-16-38(17(2)37-26)23-12-9-20(19-5-4-6-22(13-19)42(36)40)14-24(23)39(35)25(15-34)18-7-10-21(11-8-18)41-28(31,32)33/h4-16H,3,34-36H2,1-2H3/b25-15-. The highest BCUT2D eigenvalue weighted by Gasteiger charge is 2.33. The van der Waals surface area contributed by atoms with Crippen molar-refractivity contribution in [1.29, 1.82) is 0 Å². The van der Waals surface area contributed by atoms with Gasteiger partial charge in [-0.3, -0.25) is 5.01 Å². The van der Waals surface area contributed by atoms with Crippen LogP contribution in [0.5, 0.6) is 5.75 Å². The van der Waals surface area contributed by atoms with Crippen molar-refractivity contribution < 1.29 is 30.9 Å². The molecule has 0 radical (unpaired) electrons. The Bertz CT molecular complexity index is 1640. The summed E-state index contributed by atoms with van der Waals surface area (Å²) in [5.41, 5.74) is 7.91. The van der Waals surface area contributed by atoms with E-state index >= 15 is 0 Å². The van der Waals surface area contributed by atoms with E-state index in [1.165, 1.54) is 34.8 Å². The van der Waals surface area contributed by atoms with Gasteiger partial charge in [-0.1, -0.05) is 25.1 Å². The Hall–Kier alpha value is -4.27. The molecule has 0 aliphatic rings. The second-order valence-corrected chi connectivity index (χ2v) is 10.2. The molecule has 14 heteroatoms. The second kappa shape index (κ2) is 11.9. The Balaban J connectivity index is 1.85. The first-order valence-electron chi connectivity index (χ1n) is 12.4. The van der Waals surface area contributed by atoms with Gasteiger partial charge in [0, 0.05) is 24.4 Å². The number of hydrazine groups is 1. The van der Waals surface area contributed by atoms with Gasteiger partial charge in [-0.25, -0.2) is 20.2 Å². The molecule has 42 heavy (non-hydrogen) atoms. The van der Waals surface area contributed by atoms with Gasteiger partial charge in [0.15, 0.2) is 0 Å². The Labute approximate surface area is 240 Å². The minimum absolute atomic E-state index is 0.181. The Kier molecular flexibility index (Phi) is 8.71. The van der Waals surface area contributed by atoms with Crippen LogP contribution >= 0.6 is 0 Å². The molecule has 222 valence electrons. The molecule has 1 aromatic heterocycles. The highest BCUT2D eigenvalue weighted by atomic mass is 32.2. The molecule has 8 nitrogen and oxygen atoms in total. The summed E-state index contributed by atoms with van der Waals surface area (Å²) in [6.45, 7) is 2.91. The largest absolute Gasteiger partial charge is 0.573 e. The summed E-state index contributed by atoms with van der Waals surface area (Å²) in [4.78, 5) is 4.44. The normalized spacial score (nSPS) is 13.2. The average Bonchev–Trinajstić information content (AvgIpc) is 3.35. The van der Waals surface area contributed by atoms with Gasteiger partial charge in [-0.15, -0.1) is 13.2 Å². The van der Waals surface area contributed by atoms with Crippen LogP contribution in [0.2, 0.25) is 0 Å². The van der Waals surface area contributed by atoms with Crippen LogP contribution in [0.3, 0.4) is 0 Å². The number of alkyl halides is 5. The van der Waals surface area contributed by atoms with E-state index in [4.69, 9.17) is 16.7 Å². The number of rotatable bonds is 9. The molecule has 0 bridgehead atoms. The number of imidazole rings is 1. The summed E-state index contributed by atoms with van der Waals surface area (Å²) >= 11 is 0. The predicted octanol–water partition coefficient (Wildman–Crippen LogP) is 5.87. The number of aromatic nitrogens is 2. The summed E-state index contributed by atoms with van der Waals surface area (Å²) in [5, 5.41) is 6.73. The summed E-state index contributed by atoms with van der Waals surface area (Å²) in [7, 11) is -1.74. The van der Waals surface area contributed by atoms with Gasteiger partial charge in [0.1, 0.15) is 28.3 Å². The van der Waals surface area contributed by atoms with Crippen molar-refractivity contribution >= 4 is 22.4 Å². The minimum Gasteiger partial charge on any atom is -0.406 e. The zero-order chi connectivity index (χ0) is 30.8. The lowest BCUT2D eigenvalue weighted by atomic mass is 10.0. The highest BCUT2D eigenvalue weighted by molar-refractivity contribution is 7.82. The van der Waals surface area contributed by atoms with Crippen LogP contribution in [0.15, 0.2) is 84.0 Å². The van der Waals surface area contributed by atoms with E-state index in [0.717, 1.165) is 18.3 Å². The van der Waals surface area contributed by atoms with Gasteiger partial charge >= 0.3 is 6.36 Å². The lowest BCUT2D eigenvalue weighted by Crippen LogP contribution is -2.31. The molecule has 6 N–H and O–H groups in total. The Morgan fingerprint density at radius 2 is 1.71 bits per heavy atom. The first kappa shape index (κ1) is 30.7. The zero-order valence-electron chi connectivity index (χ0n) is 22.4. The number of hydrogen-bond donors (Lipinski definition) is 3. The number of nitrogens with zero attached hydrogens (tertiary/aromatic N) is 3. The van der Waals surface area contributed by atoms with E-state index < -0.39 is 41.1 Å². The lowest BCUT2D eigenvalue weighted by Gasteiger charge is -2.26. The van der Waals surface area contributed by atoms with Crippen LogP contribution in [0, 0.1) is 6.92 Å². The van der Waals surface area contributed by atoms with Crippen molar-refractivity contribution in [3.8, 4) is 22.6 Å². The van der Waals surface area contributed by atoms with Gasteiger partial charge < -0.3 is 15.0 Å². The molecule has 0 aliphatic heterocycles. The van der Waals surface area contributed by atoms with Crippen molar-refractivity contribution in [3.05, 3.63) is 96.2 Å². The molecule has 0 aliphatic carbocycles. The van der Waals surface area contributed by atoms with E-state index in [0.29, 0.717) is 27.3 Å². The molecular formula is C28H27F5N6O2S. The topological polar surface area (TPSA) is 125 Å². The van der Waals surface area contributed by atoms with Crippen LogP contribution in [-0.2, 0) is 16.9 Å². The number of ether oxygens (including phenoxy) is 1. The van der Waals surface area contributed by atoms with Crippen LogP contribution < -0.4 is 26.5 Å². The second-order valence-electron chi connectivity index (χ2n) is 9.12. The molecule has 0 fully saturated rings. The quantitative estimate of drug-likeness (QED) is 0.124. The number of halogens is 5. The van der Waals surface area contributed by atoms with Crippen LogP contribution in [0.25, 0.3) is 22.5 Å². The van der Waals surface area contributed by atoms with E-state index in [9.17, 15) is 26.2 Å². The summed E-state index contributed by atoms with van der Waals surface area (Å²) < 4.78 is 84.2. The van der Waals surface area contributed by atoms with Crippen molar-refractivity contribution in [1.82, 2.24) is 9.55 Å². The van der Waals surface area contributed by atoms with Crippen LogP contribution in [0.1, 0.15) is 30.4 Å². The third kappa shape index (κ3) is 6.61. The van der Waals surface area contributed by atoms with Gasteiger partial charge in [0.05, 0.1) is 22.0 Å². The molecule has 1 atom stereocenters. The molecule has 0 saturated carbocycles. The Morgan fingerprint density at radius 1 is 1.05 bits per heavy atom.